The second-order valence-electron chi connectivity index (χ2n) is 3.28. The summed E-state index contributed by atoms with van der Waals surface area (Å²) in [6, 6.07) is 4.89. The molecule has 0 aromatic heterocycles. The Hall–Kier alpha value is -1.44. The summed E-state index contributed by atoms with van der Waals surface area (Å²) in [6.07, 6.45) is 0. The predicted molar refractivity (Wildman–Crippen MR) is 81.1 cm³/mol. The first-order valence-corrected chi connectivity index (χ1v) is 6.69. The highest BCUT2D eigenvalue weighted by molar-refractivity contribution is 8.14. The normalized spacial score (nSPS) is 9.79. The highest BCUT2D eigenvalue weighted by atomic mass is 35.5. The summed E-state index contributed by atoms with van der Waals surface area (Å²) >= 11 is 12.7. The number of guanidine groups is 1. The van der Waals surface area contributed by atoms with Gasteiger partial charge in [0.05, 0.1) is 21.5 Å². The maximum atomic E-state index is 11.7. The summed E-state index contributed by atoms with van der Waals surface area (Å²) < 4.78 is 0. The summed E-state index contributed by atoms with van der Waals surface area (Å²) in [6.45, 7) is 0. The highest BCUT2D eigenvalue weighted by Gasteiger charge is 2.10. The number of aliphatic imine (C=N–C) groups is 1. The van der Waals surface area contributed by atoms with Crippen molar-refractivity contribution in [3.05, 3.63) is 28.2 Å². The van der Waals surface area contributed by atoms with E-state index in [2.05, 4.69) is 10.3 Å². The van der Waals surface area contributed by atoms with Gasteiger partial charge in [-0.2, -0.15) is 4.99 Å². The molecule has 6 nitrogen and oxygen atoms in total. The van der Waals surface area contributed by atoms with Crippen molar-refractivity contribution in [1.29, 1.82) is 5.41 Å². The van der Waals surface area contributed by atoms with E-state index in [0.29, 0.717) is 15.7 Å². The Kier molecular flexibility index (Phi) is 5.94. The van der Waals surface area contributed by atoms with E-state index in [1.165, 1.54) is 0 Å². The first-order chi connectivity index (χ1) is 8.90. The van der Waals surface area contributed by atoms with Crippen LogP contribution in [0, 0.1) is 5.41 Å². The fourth-order valence-corrected chi connectivity index (χ4v) is 2.08. The van der Waals surface area contributed by atoms with Crippen LogP contribution in [0.2, 0.25) is 10.0 Å². The van der Waals surface area contributed by atoms with Gasteiger partial charge in [0, 0.05) is 0 Å². The van der Waals surface area contributed by atoms with Crippen LogP contribution in [0.3, 0.4) is 0 Å². The van der Waals surface area contributed by atoms with Gasteiger partial charge < -0.3 is 16.8 Å². The average Bonchev–Trinajstić information content (AvgIpc) is 2.30. The number of benzene rings is 1. The number of amidine groups is 1. The number of hydrogen-bond donors (Lipinski definition) is 4. The zero-order valence-corrected chi connectivity index (χ0v) is 11.9. The third-order valence-electron chi connectivity index (χ3n) is 1.80. The largest absolute Gasteiger partial charge is 0.370 e. The minimum atomic E-state index is -0.365. The van der Waals surface area contributed by atoms with Gasteiger partial charge in [0.2, 0.25) is 5.91 Å². The molecular weight excluding hydrogens is 309 g/mol. The Balaban J connectivity index is 2.57. The molecule has 1 aromatic rings. The van der Waals surface area contributed by atoms with Gasteiger partial charge in [-0.25, -0.2) is 0 Å². The van der Waals surface area contributed by atoms with Crippen LogP contribution < -0.4 is 16.8 Å². The van der Waals surface area contributed by atoms with Crippen molar-refractivity contribution in [3.8, 4) is 0 Å². The van der Waals surface area contributed by atoms with E-state index in [0.717, 1.165) is 11.8 Å². The molecule has 0 aliphatic carbocycles. The molecule has 9 heteroatoms. The number of rotatable bonds is 3. The number of hydrogen-bond acceptors (Lipinski definition) is 3. The Morgan fingerprint density at radius 3 is 2.47 bits per heavy atom. The molecule has 0 heterocycles. The number of anilines is 1. The molecular formula is C10H11Cl2N5OS. The molecule has 1 rings (SSSR count). The summed E-state index contributed by atoms with van der Waals surface area (Å²) in [5.41, 5.74) is 10.5. The number of nitrogens with one attached hydrogen (secondary N) is 2. The van der Waals surface area contributed by atoms with Crippen LogP contribution in [-0.4, -0.2) is 22.8 Å². The summed E-state index contributed by atoms with van der Waals surface area (Å²) in [5.74, 6) is -0.625. The van der Waals surface area contributed by atoms with Gasteiger partial charge in [0.25, 0.3) is 0 Å². The van der Waals surface area contributed by atoms with Crippen LogP contribution in [0.15, 0.2) is 23.2 Å². The average molecular weight is 320 g/mol. The topological polar surface area (TPSA) is 117 Å². The fourth-order valence-electron chi connectivity index (χ4n) is 1.08. The fraction of sp³-hybridized carbons (Fsp3) is 0.100. The van der Waals surface area contributed by atoms with Gasteiger partial charge in [-0.15, -0.1) is 0 Å². The Bertz CT molecular complexity index is 510. The molecule has 0 bridgehead atoms. The number of nitrogens with zero attached hydrogens (tertiary/aromatic N) is 1. The lowest BCUT2D eigenvalue weighted by Gasteiger charge is -2.08. The molecule has 0 aliphatic heterocycles. The maximum absolute atomic E-state index is 11.7. The molecule has 0 aliphatic rings. The van der Waals surface area contributed by atoms with Crippen LogP contribution in [-0.2, 0) is 4.79 Å². The van der Waals surface area contributed by atoms with Crippen molar-refractivity contribution in [2.75, 3.05) is 11.1 Å². The van der Waals surface area contributed by atoms with Crippen molar-refractivity contribution in [2.45, 2.75) is 0 Å². The summed E-state index contributed by atoms with van der Waals surface area (Å²) in [5, 5.41) is 10.4. The number of amides is 1. The number of para-hydroxylation sites is 1. The van der Waals surface area contributed by atoms with Crippen molar-refractivity contribution < 1.29 is 4.79 Å². The van der Waals surface area contributed by atoms with Gasteiger partial charge in [0.15, 0.2) is 11.1 Å². The van der Waals surface area contributed by atoms with E-state index in [9.17, 15) is 4.79 Å². The number of carbonyl (C=O) groups excluding carboxylic acids is 1. The van der Waals surface area contributed by atoms with Crippen LogP contribution >= 0.6 is 35.0 Å². The highest BCUT2D eigenvalue weighted by Crippen LogP contribution is 2.29. The van der Waals surface area contributed by atoms with Crippen molar-refractivity contribution >= 4 is 57.7 Å². The molecule has 6 N–H and O–H groups in total. The van der Waals surface area contributed by atoms with E-state index < -0.39 is 0 Å². The number of thioether (sulfide) groups is 1. The molecule has 0 atom stereocenters. The first kappa shape index (κ1) is 15.6. The SMILES string of the molecule is N=C(N=C(N)N)SCC(=O)Nc1c(Cl)cccc1Cl. The lowest BCUT2D eigenvalue weighted by molar-refractivity contribution is -0.113. The van der Waals surface area contributed by atoms with Crippen LogP contribution in [0.5, 0.6) is 0 Å². The number of carbonyl (C=O) groups is 1. The van der Waals surface area contributed by atoms with Gasteiger partial charge >= 0.3 is 0 Å². The third kappa shape index (κ3) is 5.37. The lowest BCUT2D eigenvalue weighted by Crippen LogP contribution is -2.24. The minimum absolute atomic E-state index is 0.0306. The molecule has 0 saturated heterocycles. The number of nitrogens with two attached hydrogens (primary N) is 2. The third-order valence-corrected chi connectivity index (χ3v) is 3.20. The van der Waals surface area contributed by atoms with Gasteiger partial charge in [0.1, 0.15) is 0 Å². The molecule has 0 spiro atoms. The van der Waals surface area contributed by atoms with Crippen molar-refractivity contribution in [2.24, 2.45) is 16.5 Å². The second kappa shape index (κ2) is 7.22. The van der Waals surface area contributed by atoms with Gasteiger partial charge in [-0.3, -0.25) is 10.2 Å². The molecule has 0 fully saturated rings. The quantitative estimate of drug-likeness (QED) is 0.502. The monoisotopic (exact) mass is 319 g/mol. The van der Waals surface area contributed by atoms with Crippen LogP contribution in [0.25, 0.3) is 0 Å². The maximum Gasteiger partial charge on any atom is 0.234 e. The van der Waals surface area contributed by atoms with E-state index in [1.807, 2.05) is 0 Å². The molecule has 0 unspecified atom stereocenters. The summed E-state index contributed by atoms with van der Waals surface area (Å²) in [4.78, 5) is 15.1. The van der Waals surface area contributed by atoms with E-state index >= 15 is 0 Å². The smallest absolute Gasteiger partial charge is 0.234 e. The van der Waals surface area contributed by atoms with Crippen LogP contribution in [0.1, 0.15) is 0 Å². The molecule has 1 aromatic carbocycles. The molecule has 19 heavy (non-hydrogen) atoms. The Morgan fingerprint density at radius 2 is 1.95 bits per heavy atom. The molecule has 0 saturated carbocycles. The molecule has 1 amide bonds. The molecule has 102 valence electrons. The minimum Gasteiger partial charge on any atom is -0.370 e. The first-order valence-electron chi connectivity index (χ1n) is 4.95. The zero-order chi connectivity index (χ0) is 14.4. The van der Waals surface area contributed by atoms with E-state index in [4.69, 9.17) is 40.1 Å². The van der Waals surface area contributed by atoms with E-state index in [-0.39, 0.29) is 22.8 Å². The zero-order valence-electron chi connectivity index (χ0n) is 9.61. The standard InChI is InChI=1S/C10H11Cl2N5OS/c11-5-2-1-3-6(12)8(5)16-7(18)4-19-10(15)17-9(13)14/h1-3H,4H2,(H,16,18)(H5,13,14,15,17). The Morgan fingerprint density at radius 1 is 1.37 bits per heavy atom. The summed E-state index contributed by atoms with van der Waals surface area (Å²) in [7, 11) is 0. The number of halogens is 2. The Labute approximate surface area is 124 Å². The van der Waals surface area contributed by atoms with Gasteiger partial charge in [-0.1, -0.05) is 41.0 Å². The molecule has 0 radical (unpaired) electrons. The predicted octanol–water partition coefficient (Wildman–Crippen LogP) is 1.87. The van der Waals surface area contributed by atoms with Crippen molar-refractivity contribution in [3.63, 3.8) is 0 Å². The van der Waals surface area contributed by atoms with Gasteiger partial charge in [-0.05, 0) is 12.1 Å². The van der Waals surface area contributed by atoms with Crippen molar-refractivity contribution in [1.82, 2.24) is 0 Å². The second-order valence-corrected chi connectivity index (χ2v) is 5.05. The lowest BCUT2D eigenvalue weighted by atomic mass is 10.3. The van der Waals surface area contributed by atoms with Crippen LogP contribution in [0.4, 0.5) is 5.69 Å². The van der Waals surface area contributed by atoms with E-state index in [1.54, 1.807) is 18.2 Å².